The first-order valence-corrected chi connectivity index (χ1v) is 18.7. The van der Waals surface area contributed by atoms with Crippen LogP contribution in [0.25, 0.3) is 9.96 Å². The Morgan fingerprint density at radius 2 is 1.22 bits per heavy atom. The van der Waals surface area contributed by atoms with Crippen LogP contribution in [0.15, 0.2) is 58.4 Å². The van der Waals surface area contributed by atoms with E-state index in [2.05, 4.69) is 92.5 Å². The van der Waals surface area contributed by atoms with Crippen LogP contribution in [0.2, 0.25) is 39.3 Å². The van der Waals surface area contributed by atoms with Crippen molar-refractivity contribution in [2.45, 2.75) is 77.9 Å². The number of nitrogens with zero attached hydrogens (tertiary/aromatic N) is 5. The standard InChI is InChI=1S/C15H29N3Si2.C5H5N.C4H9N.Ti/c1-15(12-17-19(2,3)4,13-18-20(5,6)7)14-10-8-9-11-16-14;1-2-4-6-5-3-1;1-4(2,3)5;/h8-11H,12-13H2,1-7H3;1-5H;1-3H3;/q-2;;;+2. The summed E-state index contributed by atoms with van der Waals surface area (Å²) in [5.74, 6) is 0. The second-order valence-corrected chi connectivity index (χ2v) is 20.7. The molecule has 0 fully saturated rings. The Balaban J connectivity index is 0.000000648. The van der Waals surface area contributed by atoms with Crippen LogP contribution in [0.5, 0.6) is 0 Å². The summed E-state index contributed by atoms with van der Waals surface area (Å²) in [6.45, 7) is 23.8. The quantitative estimate of drug-likeness (QED) is 0.369. The molecule has 176 valence electrons. The van der Waals surface area contributed by atoms with Crippen LogP contribution in [0.4, 0.5) is 0 Å². The third-order valence-electron chi connectivity index (χ3n) is 3.99. The Bertz CT molecular complexity index is 694. The predicted molar refractivity (Wildman–Crippen MR) is 141 cm³/mol. The molecule has 2 rings (SSSR count). The van der Waals surface area contributed by atoms with E-state index >= 15 is 0 Å². The predicted octanol–water partition coefficient (Wildman–Crippen LogP) is 7.35. The van der Waals surface area contributed by atoms with Gasteiger partial charge in [0, 0.05) is 24.3 Å². The molecule has 0 aliphatic heterocycles. The molecule has 2 aromatic rings. The van der Waals surface area contributed by atoms with Gasteiger partial charge in [0.15, 0.2) is 0 Å². The normalized spacial score (nSPS) is 12.1. The minimum atomic E-state index is -1.41. The van der Waals surface area contributed by atoms with Crippen LogP contribution in [0.3, 0.4) is 0 Å². The molecule has 0 saturated carbocycles. The average molecular weight is 506 g/mol. The average Bonchev–Trinajstić information content (AvgIpc) is 2.72. The molecule has 2 aromatic heterocycles. The molecule has 0 atom stereocenters. The van der Waals surface area contributed by atoms with Gasteiger partial charge in [0.05, 0.1) is 0 Å². The zero-order chi connectivity index (χ0) is 24.9. The molecule has 0 unspecified atom stereocenters. The van der Waals surface area contributed by atoms with Gasteiger partial charge in [0.25, 0.3) is 0 Å². The van der Waals surface area contributed by atoms with Crippen molar-refractivity contribution in [3.8, 4) is 0 Å². The molecular formula is C24H43N5Si2Ti. The smallest absolute Gasteiger partial charge is 0.0428 e. The molecule has 0 aliphatic rings. The third kappa shape index (κ3) is 17.7. The molecule has 0 saturated heterocycles. The van der Waals surface area contributed by atoms with Crippen LogP contribution in [-0.2, 0) is 25.7 Å². The fraction of sp³-hybridized carbons (Fsp3) is 0.583. The fourth-order valence-electron chi connectivity index (χ4n) is 2.07. The van der Waals surface area contributed by atoms with E-state index in [0.29, 0.717) is 0 Å². The summed E-state index contributed by atoms with van der Waals surface area (Å²) < 4.78 is 4.02. The SMILES string of the molecule is CC(C)(C)[N]=[Ti+2].CC(C[N-][Si](C)(C)C)(C[N-][Si](C)(C)C)c1ccccn1.c1ccncc1. The van der Waals surface area contributed by atoms with E-state index in [1.807, 2.05) is 50.7 Å². The molecule has 0 aliphatic carbocycles. The Morgan fingerprint density at radius 3 is 1.47 bits per heavy atom. The minimum Gasteiger partial charge on any atom is -0.664 e. The zero-order valence-corrected chi connectivity index (χ0v) is 25.4. The van der Waals surface area contributed by atoms with Gasteiger partial charge in [-0.05, 0) is 29.7 Å². The van der Waals surface area contributed by atoms with Crippen molar-refractivity contribution in [1.29, 1.82) is 0 Å². The van der Waals surface area contributed by atoms with Gasteiger partial charge in [0.2, 0.25) is 0 Å². The van der Waals surface area contributed by atoms with E-state index in [0.717, 1.165) is 18.8 Å². The number of aromatic nitrogens is 2. The van der Waals surface area contributed by atoms with Crippen molar-refractivity contribution in [1.82, 2.24) is 9.97 Å². The maximum absolute atomic E-state index is 4.96. The van der Waals surface area contributed by atoms with Gasteiger partial charge in [-0.25, -0.2) is 0 Å². The second-order valence-electron chi connectivity index (χ2n) is 11.1. The molecular weight excluding hydrogens is 462 g/mol. The summed E-state index contributed by atoms with van der Waals surface area (Å²) in [4.78, 5) is 18.3. The molecule has 0 bridgehead atoms. The Morgan fingerprint density at radius 1 is 0.781 bits per heavy atom. The van der Waals surface area contributed by atoms with E-state index in [1.54, 1.807) is 12.4 Å². The van der Waals surface area contributed by atoms with E-state index in [4.69, 9.17) is 9.96 Å². The summed E-state index contributed by atoms with van der Waals surface area (Å²) >= 11 is 1.83. The molecule has 0 spiro atoms. The summed E-state index contributed by atoms with van der Waals surface area (Å²) in [6, 6.07) is 11.9. The number of rotatable bonds is 7. The van der Waals surface area contributed by atoms with Crippen LogP contribution < -0.4 is 0 Å². The largest absolute Gasteiger partial charge is 0.664 e. The third-order valence-corrected chi connectivity index (χ3v) is 7.25. The molecule has 5 nitrogen and oxygen atoms in total. The van der Waals surface area contributed by atoms with Crippen LogP contribution in [0, 0.1) is 0 Å². The van der Waals surface area contributed by atoms with Gasteiger partial charge >= 0.3 is 50.0 Å². The van der Waals surface area contributed by atoms with Gasteiger partial charge in [-0.15, -0.1) is 13.1 Å². The maximum Gasteiger partial charge on any atom is 0.0428 e. The van der Waals surface area contributed by atoms with Crippen LogP contribution in [0.1, 0.15) is 33.4 Å². The maximum atomic E-state index is 4.96. The second kappa shape index (κ2) is 14.4. The van der Waals surface area contributed by atoms with E-state index < -0.39 is 16.5 Å². The Labute approximate surface area is 211 Å². The van der Waals surface area contributed by atoms with Gasteiger partial charge < -0.3 is 9.96 Å². The van der Waals surface area contributed by atoms with Crippen LogP contribution in [-0.4, -0.2) is 45.1 Å². The molecule has 0 aromatic carbocycles. The minimum absolute atomic E-state index is 0.0676. The molecule has 32 heavy (non-hydrogen) atoms. The summed E-state index contributed by atoms with van der Waals surface area (Å²) in [5, 5.41) is 0. The van der Waals surface area contributed by atoms with E-state index in [9.17, 15) is 0 Å². The van der Waals surface area contributed by atoms with E-state index in [-0.39, 0.29) is 11.0 Å². The van der Waals surface area contributed by atoms with Gasteiger partial charge in [0.1, 0.15) is 0 Å². The van der Waals surface area contributed by atoms with Crippen molar-refractivity contribution in [3.05, 3.63) is 70.6 Å². The molecule has 0 radical (unpaired) electrons. The molecule has 0 N–H and O–H groups in total. The first kappa shape index (κ1) is 31.2. The molecule has 8 heteroatoms. The Hall–Kier alpha value is -0.832. The molecule has 2 heterocycles. The van der Waals surface area contributed by atoms with Crippen molar-refractivity contribution in [3.63, 3.8) is 0 Å². The summed E-state index contributed by atoms with van der Waals surface area (Å²) in [6.07, 6.45) is 5.37. The van der Waals surface area contributed by atoms with Crippen molar-refractivity contribution >= 4 is 16.5 Å². The molecule has 0 amide bonds. The van der Waals surface area contributed by atoms with Crippen molar-refractivity contribution in [2.24, 2.45) is 3.42 Å². The summed E-state index contributed by atoms with van der Waals surface area (Å²) in [5.41, 5.74) is 1.21. The van der Waals surface area contributed by atoms with Crippen molar-refractivity contribution in [2.75, 3.05) is 13.1 Å². The number of hydrogen-bond donors (Lipinski definition) is 0. The van der Waals surface area contributed by atoms with Gasteiger partial charge in [-0.2, -0.15) is 0 Å². The topological polar surface area (TPSA) is 66.3 Å². The number of hydrogen-bond acceptors (Lipinski definition) is 3. The number of pyridine rings is 2. The Kier molecular flexibility index (Phi) is 14.1. The monoisotopic (exact) mass is 505 g/mol. The van der Waals surface area contributed by atoms with Gasteiger partial charge in [-0.3, -0.25) is 9.97 Å². The van der Waals surface area contributed by atoms with Crippen molar-refractivity contribution < 1.29 is 20.3 Å². The van der Waals surface area contributed by atoms with Crippen LogP contribution >= 0.6 is 0 Å². The fourth-order valence-corrected chi connectivity index (χ4v) is 3.71. The summed E-state index contributed by atoms with van der Waals surface area (Å²) in [7, 11) is -2.82. The van der Waals surface area contributed by atoms with E-state index in [1.165, 1.54) is 0 Å². The van der Waals surface area contributed by atoms with Gasteiger partial charge in [-0.1, -0.05) is 74.8 Å². The first-order valence-electron chi connectivity index (χ1n) is 11.1. The first-order chi connectivity index (χ1) is 14.6. The zero-order valence-electron chi connectivity index (χ0n) is 21.8.